The van der Waals surface area contributed by atoms with Crippen LogP contribution in [0.15, 0.2) is 54.6 Å². The molecule has 0 saturated heterocycles. The van der Waals surface area contributed by atoms with Crippen LogP contribution < -0.4 is 0 Å². The van der Waals surface area contributed by atoms with Gasteiger partial charge in [-0.25, -0.2) is 0 Å². The molecular weight excluding hydrogens is 252 g/mol. The van der Waals surface area contributed by atoms with Gasteiger partial charge in [-0.2, -0.15) is 0 Å². The Kier molecular flexibility index (Phi) is 2.08. The highest BCUT2D eigenvalue weighted by Crippen LogP contribution is 2.47. The van der Waals surface area contributed by atoms with Crippen molar-refractivity contribution in [3.8, 4) is 22.3 Å². The Labute approximate surface area is 125 Å². The van der Waals surface area contributed by atoms with Crippen LogP contribution in [0.3, 0.4) is 0 Å². The molecule has 0 atom stereocenters. The molecule has 0 aromatic heterocycles. The quantitative estimate of drug-likeness (QED) is 0.365. The molecule has 0 heteroatoms. The zero-order chi connectivity index (χ0) is 14.0. The molecule has 2 aliphatic rings. The maximum Gasteiger partial charge on any atom is -0.00103 e. The summed E-state index contributed by atoms with van der Waals surface area (Å²) in [7, 11) is 0. The molecule has 100 valence electrons. The second-order valence-electron chi connectivity index (χ2n) is 6.24. The lowest BCUT2D eigenvalue weighted by Gasteiger charge is -2.11. The average Bonchev–Trinajstić information content (AvgIpc) is 3.06. The number of rotatable bonds is 0. The van der Waals surface area contributed by atoms with Crippen LogP contribution in [-0.2, 0) is 12.8 Å². The molecule has 0 unspecified atom stereocenters. The van der Waals surface area contributed by atoms with E-state index in [9.17, 15) is 0 Å². The summed E-state index contributed by atoms with van der Waals surface area (Å²) in [6.07, 6.45) is 2.20. The first kappa shape index (κ1) is 11.3. The number of fused-ring (bicyclic) bond motifs is 7. The minimum absolute atomic E-state index is 1.10. The Morgan fingerprint density at radius 1 is 0.667 bits per heavy atom. The fourth-order valence-electron chi connectivity index (χ4n) is 4.18. The topological polar surface area (TPSA) is 0 Å². The van der Waals surface area contributed by atoms with Gasteiger partial charge in [-0.1, -0.05) is 54.6 Å². The van der Waals surface area contributed by atoms with E-state index in [0.29, 0.717) is 0 Å². The van der Waals surface area contributed by atoms with E-state index in [1.165, 1.54) is 38.9 Å². The highest BCUT2D eigenvalue weighted by Gasteiger charge is 2.28. The predicted molar refractivity (Wildman–Crippen MR) is 87.7 cm³/mol. The Bertz CT molecular complexity index is 900. The molecule has 5 rings (SSSR count). The van der Waals surface area contributed by atoms with E-state index in [1.54, 1.807) is 11.1 Å². The lowest BCUT2D eigenvalue weighted by molar-refractivity contribution is 1.16. The van der Waals surface area contributed by atoms with Gasteiger partial charge in [0.1, 0.15) is 0 Å². The molecule has 0 aliphatic heterocycles. The van der Waals surface area contributed by atoms with Crippen LogP contribution >= 0.6 is 0 Å². The molecule has 0 fully saturated rings. The third-order valence-corrected chi connectivity index (χ3v) is 5.08. The summed E-state index contributed by atoms with van der Waals surface area (Å²) in [5.41, 5.74) is 13.4. The number of hydrogen-bond donors (Lipinski definition) is 0. The summed E-state index contributed by atoms with van der Waals surface area (Å²) in [4.78, 5) is 0. The SMILES string of the molecule is Cc1cc2c(c3c1-c1ccccc1C3)Cc1ccccc1-2. The van der Waals surface area contributed by atoms with Crippen LogP contribution in [0.1, 0.15) is 27.8 Å². The van der Waals surface area contributed by atoms with Gasteiger partial charge in [0.25, 0.3) is 0 Å². The highest BCUT2D eigenvalue weighted by molar-refractivity contribution is 5.88. The molecule has 0 nitrogen and oxygen atoms in total. The third kappa shape index (κ3) is 1.40. The van der Waals surface area contributed by atoms with Crippen molar-refractivity contribution in [3.05, 3.63) is 82.4 Å². The Balaban J connectivity index is 1.83. The van der Waals surface area contributed by atoms with Gasteiger partial charge in [0.05, 0.1) is 0 Å². The van der Waals surface area contributed by atoms with Crippen LogP contribution in [0.4, 0.5) is 0 Å². The van der Waals surface area contributed by atoms with E-state index in [4.69, 9.17) is 0 Å². The van der Waals surface area contributed by atoms with Crippen LogP contribution in [0.5, 0.6) is 0 Å². The normalized spacial score (nSPS) is 13.6. The van der Waals surface area contributed by atoms with Crippen molar-refractivity contribution in [2.75, 3.05) is 0 Å². The van der Waals surface area contributed by atoms with Gasteiger partial charge in [0.2, 0.25) is 0 Å². The summed E-state index contributed by atoms with van der Waals surface area (Å²) in [5.74, 6) is 0. The Morgan fingerprint density at radius 2 is 1.29 bits per heavy atom. The zero-order valence-electron chi connectivity index (χ0n) is 12.1. The van der Waals surface area contributed by atoms with E-state index < -0.39 is 0 Å². The molecule has 0 saturated carbocycles. The second kappa shape index (κ2) is 3.85. The number of hydrogen-bond acceptors (Lipinski definition) is 0. The van der Waals surface area contributed by atoms with Crippen LogP contribution in [0, 0.1) is 6.92 Å². The molecular formula is C21H16. The van der Waals surface area contributed by atoms with Gasteiger partial charge in [-0.15, -0.1) is 0 Å². The largest absolute Gasteiger partial charge is 0.0619 e. The highest BCUT2D eigenvalue weighted by atomic mass is 14.3. The van der Waals surface area contributed by atoms with Crippen LogP contribution in [0.25, 0.3) is 22.3 Å². The summed E-state index contributed by atoms with van der Waals surface area (Å²) in [5, 5.41) is 0. The van der Waals surface area contributed by atoms with Gasteiger partial charge in [-0.05, 0) is 69.8 Å². The molecule has 3 aromatic rings. The molecule has 21 heavy (non-hydrogen) atoms. The molecule has 2 aliphatic carbocycles. The van der Waals surface area contributed by atoms with E-state index in [2.05, 4.69) is 61.5 Å². The first-order chi connectivity index (χ1) is 10.3. The van der Waals surface area contributed by atoms with Crippen molar-refractivity contribution in [1.82, 2.24) is 0 Å². The average molecular weight is 268 g/mol. The fourth-order valence-corrected chi connectivity index (χ4v) is 4.18. The first-order valence-corrected chi connectivity index (χ1v) is 7.65. The van der Waals surface area contributed by atoms with Gasteiger partial charge in [-0.3, -0.25) is 0 Å². The molecule has 0 radical (unpaired) electrons. The van der Waals surface area contributed by atoms with Crippen molar-refractivity contribution in [2.45, 2.75) is 19.8 Å². The van der Waals surface area contributed by atoms with Crippen molar-refractivity contribution in [1.29, 1.82) is 0 Å². The first-order valence-electron chi connectivity index (χ1n) is 7.65. The summed E-state index contributed by atoms with van der Waals surface area (Å²) in [6.45, 7) is 2.27. The van der Waals surface area contributed by atoms with Crippen molar-refractivity contribution in [3.63, 3.8) is 0 Å². The molecule has 0 heterocycles. The van der Waals surface area contributed by atoms with Crippen LogP contribution in [0.2, 0.25) is 0 Å². The predicted octanol–water partition coefficient (Wildman–Crippen LogP) is 5.14. The fraction of sp³-hybridized carbons (Fsp3) is 0.143. The zero-order valence-corrected chi connectivity index (χ0v) is 12.1. The van der Waals surface area contributed by atoms with E-state index >= 15 is 0 Å². The Hall–Kier alpha value is -2.34. The monoisotopic (exact) mass is 268 g/mol. The number of benzene rings is 3. The molecule has 3 aromatic carbocycles. The minimum Gasteiger partial charge on any atom is -0.0619 e. The minimum atomic E-state index is 1.10. The lowest BCUT2D eigenvalue weighted by Crippen LogP contribution is -1.93. The molecule has 0 spiro atoms. The molecule has 0 amide bonds. The maximum absolute atomic E-state index is 2.40. The van der Waals surface area contributed by atoms with E-state index in [0.717, 1.165) is 12.8 Å². The Morgan fingerprint density at radius 3 is 2.10 bits per heavy atom. The van der Waals surface area contributed by atoms with Gasteiger partial charge < -0.3 is 0 Å². The van der Waals surface area contributed by atoms with Gasteiger partial charge in [0, 0.05) is 0 Å². The van der Waals surface area contributed by atoms with E-state index in [1.807, 2.05) is 0 Å². The summed E-state index contributed by atoms with van der Waals surface area (Å²) >= 11 is 0. The summed E-state index contributed by atoms with van der Waals surface area (Å²) < 4.78 is 0. The van der Waals surface area contributed by atoms with Gasteiger partial charge >= 0.3 is 0 Å². The molecule has 0 N–H and O–H groups in total. The standard InChI is InChI=1S/C21H16/c1-13-10-18-16-8-4-2-6-14(16)11-19(18)20-12-15-7-3-5-9-17(15)21(13)20/h2-10H,11-12H2,1H3. The van der Waals surface area contributed by atoms with E-state index in [-0.39, 0.29) is 0 Å². The van der Waals surface area contributed by atoms with Gasteiger partial charge in [0.15, 0.2) is 0 Å². The smallest absolute Gasteiger partial charge is 0.00103 e. The summed E-state index contributed by atoms with van der Waals surface area (Å²) in [6, 6.07) is 20.2. The lowest BCUT2D eigenvalue weighted by atomic mass is 9.92. The maximum atomic E-state index is 2.40. The van der Waals surface area contributed by atoms with Crippen molar-refractivity contribution >= 4 is 0 Å². The molecule has 0 bridgehead atoms. The second-order valence-corrected chi connectivity index (χ2v) is 6.24. The van der Waals surface area contributed by atoms with Crippen molar-refractivity contribution in [2.24, 2.45) is 0 Å². The van der Waals surface area contributed by atoms with Crippen LogP contribution in [-0.4, -0.2) is 0 Å². The van der Waals surface area contributed by atoms with Crippen molar-refractivity contribution < 1.29 is 0 Å². The number of aryl methyl sites for hydroxylation is 1. The third-order valence-electron chi connectivity index (χ3n) is 5.08.